The molecule has 0 amide bonds. The first kappa shape index (κ1) is 15.9. The second-order valence-electron chi connectivity index (χ2n) is 4.82. The lowest BCUT2D eigenvalue weighted by Gasteiger charge is -2.03. The molecule has 108 valence electrons. The van der Waals surface area contributed by atoms with Gasteiger partial charge in [-0.05, 0) is 10.8 Å². The molecule has 0 radical (unpaired) electrons. The molecule has 0 unspecified atom stereocenters. The fourth-order valence-electron chi connectivity index (χ4n) is 2.36. The number of benzene rings is 2. The van der Waals surface area contributed by atoms with Gasteiger partial charge in [0.05, 0.1) is 11.6 Å². The van der Waals surface area contributed by atoms with Crippen molar-refractivity contribution < 1.29 is 26.3 Å². The van der Waals surface area contributed by atoms with Crippen molar-refractivity contribution >= 4 is 16.6 Å². The van der Waals surface area contributed by atoms with Crippen LogP contribution < -0.4 is 21.5 Å². The number of fused-ring (bicyclic) bond motifs is 1. The Morgan fingerprint density at radius 2 is 1.68 bits per heavy atom. The number of carbonyl (C=O) groups excluding carboxylic acids is 1. The SMILES string of the molecule is N#Cc1cc[n+](CC(=O)c2cccc3ccccc23)cc1.[Br-]. The van der Waals surface area contributed by atoms with Crippen LogP contribution in [0.15, 0.2) is 67.0 Å². The Morgan fingerprint density at radius 3 is 2.41 bits per heavy atom. The Kier molecular flexibility index (Phi) is 5.03. The number of nitriles is 1. The van der Waals surface area contributed by atoms with Gasteiger partial charge in [0.2, 0.25) is 12.3 Å². The maximum atomic E-state index is 12.5. The van der Waals surface area contributed by atoms with Crippen LogP contribution in [-0.2, 0) is 6.54 Å². The zero-order valence-electron chi connectivity index (χ0n) is 11.7. The van der Waals surface area contributed by atoms with Gasteiger partial charge in [0.15, 0.2) is 12.4 Å². The minimum absolute atomic E-state index is 0. The Hall–Kier alpha value is -2.51. The highest BCUT2D eigenvalue weighted by Gasteiger charge is 2.14. The summed E-state index contributed by atoms with van der Waals surface area (Å²) in [6.07, 6.45) is 3.50. The predicted molar refractivity (Wildman–Crippen MR) is 79.6 cm³/mol. The Balaban J connectivity index is 0.00000176. The van der Waals surface area contributed by atoms with Gasteiger partial charge >= 0.3 is 0 Å². The number of carbonyl (C=O) groups is 1. The van der Waals surface area contributed by atoms with E-state index in [1.807, 2.05) is 42.5 Å². The number of Topliss-reactive ketones (excluding diaryl/α,β-unsaturated/α-hetero) is 1. The summed E-state index contributed by atoms with van der Waals surface area (Å²) in [5.41, 5.74) is 1.31. The third kappa shape index (κ3) is 3.21. The van der Waals surface area contributed by atoms with E-state index in [4.69, 9.17) is 5.26 Å². The Labute approximate surface area is 139 Å². The Bertz CT molecular complexity index is 846. The van der Waals surface area contributed by atoms with Crippen LogP contribution in [0.25, 0.3) is 10.8 Å². The molecule has 0 aliphatic heterocycles. The molecule has 3 rings (SSSR count). The first-order chi connectivity index (χ1) is 10.3. The van der Waals surface area contributed by atoms with E-state index in [2.05, 4.69) is 6.07 Å². The molecule has 0 saturated heterocycles. The van der Waals surface area contributed by atoms with Gasteiger partial charge in [0.1, 0.15) is 0 Å². The van der Waals surface area contributed by atoms with E-state index in [0.717, 1.165) is 16.3 Å². The van der Waals surface area contributed by atoms with Crippen LogP contribution in [0, 0.1) is 11.3 Å². The summed E-state index contributed by atoms with van der Waals surface area (Å²) in [6, 6.07) is 19.1. The second-order valence-corrected chi connectivity index (χ2v) is 4.82. The minimum atomic E-state index is 0. The normalized spacial score (nSPS) is 9.77. The lowest BCUT2D eigenvalue weighted by molar-refractivity contribution is -0.683. The predicted octanol–water partition coefficient (Wildman–Crippen LogP) is -0.114. The molecular weight excluding hydrogens is 340 g/mol. The molecule has 0 spiro atoms. The zero-order chi connectivity index (χ0) is 14.7. The number of pyridine rings is 1. The number of hydrogen-bond donors (Lipinski definition) is 0. The molecule has 2 aromatic carbocycles. The monoisotopic (exact) mass is 352 g/mol. The highest BCUT2D eigenvalue weighted by molar-refractivity contribution is 6.07. The first-order valence-electron chi connectivity index (χ1n) is 6.68. The fourth-order valence-corrected chi connectivity index (χ4v) is 2.36. The van der Waals surface area contributed by atoms with Crippen LogP contribution in [-0.4, -0.2) is 5.78 Å². The van der Waals surface area contributed by atoms with E-state index in [0.29, 0.717) is 5.56 Å². The van der Waals surface area contributed by atoms with Crippen LogP contribution in [0.4, 0.5) is 0 Å². The molecule has 0 fully saturated rings. The van der Waals surface area contributed by atoms with Gasteiger partial charge in [-0.3, -0.25) is 4.79 Å². The fraction of sp³-hybridized carbons (Fsp3) is 0.0556. The molecule has 1 heterocycles. The van der Waals surface area contributed by atoms with Crippen molar-refractivity contribution in [3.05, 3.63) is 78.1 Å². The van der Waals surface area contributed by atoms with Crippen molar-refractivity contribution in [3.63, 3.8) is 0 Å². The van der Waals surface area contributed by atoms with Crippen molar-refractivity contribution in [2.24, 2.45) is 0 Å². The van der Waals surface area contributed by atoms with E-state index in [9.17, 15) is 4.79 Å². The zero-order valence-corrected chi connectivity index (χ0v) is 13.3. The Morgan fingerprint density at radius 1 is 1.00 bits per heavy atom. The standard InChI is InChI=1S/C18H13N2O.BrH/c19-12-14-8-10-20(11-9-14)13-18(21)17-7-3-5-15-4-1-2-6-16(15)17;/h1-11H,13H2;1H/q+1;/p-1. The van der Waals surface area contributed by atoms with E-state index in [1.54, 1.807) is 29.1 Å². The van der Waals surface area contributed by atoms with Crippen LogP contribution in [0.5, 0.6) is 0 Å². The van der Waals surface area contributed by atoms with Crippen molar-refractivity contribution in [2.45, 2.75) is 6.54 Å². The van der Waals surface area contributed by atoms with E-state index < -0.39 is 0 Å². The van der Waals surface area contributed by atoms with Crippen molar-refractivity contribution in [2.75, 3.05) is 0 Å². The first-order valence-corrected chi connectivity index (χ1v) is 6.68. The maximum absolute atomic E-state index is 12.5. The quantitative estimate of drug-likeness (QED) is 0.487. The molecule has 0 atom stereocenters. The molecule has 0 N–H and O–H groups in total. The second kappa shape index (κ2) is 6.97. The van der Waals surface area contributed by atoms with Crippen LogP contribution in [0.2, 0.25) is 0 Å². The number of hydrogen-bond acceptors (Lipinski definition) is 2. The van der Waals surface area contributed by atoms with Gasteiger partial charge in [-0.15, -0.1) is 0 Å². The lowest BCUT2D eigenvalue weighted by atomic mass is 10.0. The molecular formula is C18H13BrN2O. The molecule has 3 nitrogen and oxygen atoms in total. The molecule has 3 aromatic rings. The lowest BCUT2D eigenvalue weighted by Crippen LogP contribution is -3.00. The summed E-state index contributed by atoms with van der Waals surface area (Å²) >= 11 is 0. The van der Waals surface area contributed by atoms with Crippen LogP contribution in [0.3, 0.4) is 0 Å². The van der Waals surface area contributed by atoms with Gasteiger partial charge in [-0.25, -0.2) is 0 Å². The van der Waals surface area contributed by atoms with Gasteiger partial charge in [-0.2, -0.15) is 9.83 Å². The summed E-state index contributed by atoms with van der Waals surface area (Å²) in [5.74, 6) is 0.0570. The number of rotatable bonds is 3. The van der Waals surface area contributed by atoms with Crippen molar-refractivity contribution in [1.82, 2.24) is 0 Å². The summed E-state index contributed by atoms with van der Waals surface area (Å²) < 4.78 is 1.78. The summed E-state index contributed by atoms with van der Waals surface area (Å²) in [5, 5.41) is 10.8. The largest absolute Gasteiger partial charge is 1.00 e. The average Bonchev–Trinajstić information content (AvgIpc) is 2.55. The summed E-state index contributed by atoms with van der Waals surface area (Å²) in [7, 11) is 0. The average molecular weight is 353 g/mol. The van der Waals surface area contributed by atoms with Gasteiger partial charge in [-0.1, -0.05) is 42.5 Å². The van der Waals surface area contributed by atoms with Gasteiger partial charge in [0, 0.05) is 17.7 Å². The van der Waals surface area contributed by atoms with Crippen LogP contribution >= 0.6 is 0 Å². The van der Waals surface area contributed by atoms with Gasteiger partial charge in [0.25, 0.3) is 0 Å². The smallest absolute Gasteiger partial charge is 0.228 e. The minimum Gasteiger partial charge on any atom is -1.00 e. The molecule has 0 aliphatic carbocycles. The highest BCUT2D eigenvalue weighted by atomic mass is 79.9. The van der Waals surface area contributed by atoms with Crippen LogP contribution in [0.1, 0.15) is 15.9 Å². The van der Waals surface area contributed by atoms with Gasteiger partial charge < -0.3 is 17.0 Å². The molecule has 22 heavy (non-hydrogen) atoms. The molecule has 4 heteroatoms. The van der Waals surface area contributed by atoms with E-state index >= 15 is 0 Å². The number of nitrogens with zero attached hydrogens (tertiary/aromatic N) is 2. The van der Waals surface area contributed by atoms with E-state index in [-0.39, 0.29) is 29.3 Å². The number of aromatic nitrogens is 1. The number of halogens is 1. The highest BCUT2D eigenvalue weighted by Crippen LogP contribution is 2.18. The summed E-state index contributed by atoms with van der Waals surface area (Å²) in [6.45, 7) is 0.264. The van der Waals surface area contributed by atoms with Crippen molar-refractivity contribution in [3.8, 4) is 6.07 Å². The molecule has 0 aliphatic rings. The molecule has 1 aromatic heterocycles. The third-order valence-electron chi connectivity index (χ3n) is 3.44. The molecule has 0 saturated carbocycles. The third-order valence-corrected chi connectivity index (χ3v) is 3.44. The molecule has 0 bridgehead atoms. The van der Waals surface area contributed by atoms with Crippen molar-refractivity contribution in [1.29, 1.82) is 5.26 Å². The maximum Gasteiger partial charge on any atom is 0.228 e. The number of ketones is 1. The summed E-state index contributed by atoms with van der Waals surface area (Å²) in [4.78, 5) is 12.5. The topological polar surface area (TPSA) is 44.7 Å². The van der Waals surface area contributed by atoms with E-state index in [1.165, 1.54) is 0 Å².